The van der Waals surface area contributed by atoms with Gasteiger partial charge in [0.05, 0.1) is 13.2 Å². The van der Waals surface area contributed by atoms with Gasteiger partial charge in [-0.25, -0.2) is 4.39 Å². The molecule has 0 saturated carbocycles. The van der Waals surface area contributed by atoms with E-state index in [0.29, 0.717) is 10.9 Å². The van der Waals surface area contributed by atoms with E-state index in [1.54, 1.807) is 6.07 Å². The number of aliphatic hydroxyl groups excluding tert-OH is 2. The molecule has 0 aromatic heterocycles. The van der Waals surface area contributed by atoms with E-state index < -0.39 is 5.41 Å². The molecule has 0 aliphatic carbocycles. The van der Waals surface area contributed by atoms with Crippen molar-refractivity contribution in [2.45, 2.75) is 11.8 Å². The molecule has 21 heavy (non-hydrogen) atoms. The largest absolute Gasteiger partial charge is 0.395 e. The highest BCUT2D eigenvalue weighted by Crippen LogP contribution is 2.35. The predicted octanol–water partition coefficient (Wildman–Crippen LogP) is 3.82. The van der Waals surface area contributed by atoms with Crippen LogP contribution in [0.25, 0.3) is 0 Å². The van der Waals surface area contributed by atoms with Crippen molar-refractivity contribution >= 4 is 31.9 Å². The van der Waals surface area contributed by atoms with Crippen molar-refractivity contribution < 1.29 is 14.6 Å². The first-order valence-corrected chi connectivity index (χ1v) is 8.01. The molecule has 0 aliphatic heterocycles. The second-order valence-electron chi connectivity index (χ2n) is 4.99. The number of benzene rings is 2. The summed E-state index contributed by atoms with van der Waals surface area (Å²) in [5.41, 5.74) is 0.821. The van der Waals surface area contributed by atoms with E-state index in [-0.39, 0.29) is 19.0 Å². The van der Waals surface area contributed by atoms with Gasteiger partial charge in [0.25, 0.3) is 0 Å². The molecule has 2 aromatic rings. The minimum Gasteiger partial charge on any atom is -0.395 e. The van der Waals surface area contributed by atoms with Crippen molar-refractivity contribution in [1.82, 2.24) is 0 Å². The molecule has 2 rings (SSSR count). The highest BCUT2D eigenvalue weighted by Gasteiger charge is 2.33. The summed E-state index contributed by atoms with van der Waals surface area (Å²) >= 11 is 6.80. The van der Waals surface area contributed by atoms with E-state index in [1.807, 2.05) is 24.3 Å². The molecule has 0 bridgehead atoms. The number of halogens is 3. The first-order valence-electron chi connectivity index (χ1n) is 6.43. The van der Waals surface area contributed by atoms with Crippen molar-refractivity contribution in [3.63, 3.8) is 0 Å². The van der Waals surface area contributed by atoms with E-state index in [1.165, 1.54) is 12.1 Å². The van der Waals surface area contributed by atoms with Gasteiger partial charge in [0.2, 0.25) is 0 Å². The molecule has 0 saturated heterocycles. The molecule has 0 radical (unpaired) electrons. The summed E-state index contributed by atoms with van der Waals surface area (Å²) in [7, 11) is 0. The summed E-state index contributed by atoms with van der Waals surface area (Å²) in [4.78, 5) is 0. The molecule has 0 atom stereocenters. The average molecular weight is 418 g/mol. The lowest BCUT2D eigenvalue weighted by Crippen LogP contribution is -2.37. The Kier molecular flexibility index (Phi) is 5.54. The van der Waals surface area contributed by atoms with Crippen LogP contribution in [0.4, 0.5) is 4.39 Å². The van der Waals surface area contributed by atoms with E-state index >= 15 is 0 Å². The van der Waals surface area contributed by atoms with Crippen molar-refractivity contribution in [3.05, 3.63) is 68.4 Å². The second kappa shape index (κ2) is 7.01. The normalized spacial score (nSPS) is 11.7. The molecule has 5 heteroatoms. The second-order valence-corrected chi connectivity index (χ2v) is 6.70. The molecule has 2 nitrogen and oxygen atoms in total. The maximum Gasteiger partial charge on any atom is 0.124 e. The van der Waals surface area contributed by atoms with Crippen LogP contribution < -0.4 is 0 Å². The Morgan fingerprint density at radius 2 is 1.62 bits per heavy atom. The van der Waals surface area contributed by atoms with Crippen LogP contribution in [0.5, 0.6) is 0 Å². The third kappa shape index (κ3) is 3.54. The highest BCUT2D eigenvalue weighted by atomic mass is 79.9. The smallest absolute Gasteiger partial charge is 0.124 e. The molecule has 0 amide bonds. The molecular weight excluding hydrogens is 403 g/mol. The molecule has 0 aliphatic rings. The molecule has 2 N–H and O–H groups in total. The Balaban J connectivity index is 2.46. The fraction of sp³-hybridized carbons (Fsp3) is 0.250. The number of hydrogen-bond acceptors (Lipinski definition) is 2. The molecule has 2 aromatic carbocycles. The molecule has 0 spiro atoms. The summed E-state index contributed by atoms with van der Waals surface area (Å²) in [6.07, 6.45) is 0.392. The van der Waals surface area contributed by atoms with Gasteiger partial charge in [-0.2, -0.15) is 0 Å². The monoisotopic (exact) mass is 416 g/mol. The molecule has 0 heterocycles. The molecule has 0 unspecified atom stereocenters. The van der Waals surface area contributed by atoms with Gasteiger partial charge in [0.15, 0.2) is 0 Å². The maximum atomic E-state index is 13.2. The fourth-order valence-electron chi connectivity index (χ4n) is 2.35. The zero-order valence-corrected chi connectivity index (χ0v) is 14.4. The minimum absolute atomic E-state index is 0.212. The number of hydrogen-bond donors (Lipinski definition) is 2. The quantitative estimate of drug-likeness (QED) is 0.776. The molecular formula is C16H15Br2FO2. The van der Waals surface area contributed by atoms with Gasteiger partial charge in [-0.1, -0.05) is 56.1 Å². The van der Waals surface area contributed by atoms with Crippen LogP contribution in [-0.4, -0.2) is 23.4 Å². The lowest BCUT2D eigenvalue weighted by Gasteiger charge is -2.32. The Morgan fingerprint density at radius 3 is 2.19 bits per heavy atom. The van der Waals surface area contributed by atoms with Crippen LogP contribution in [-0.2, 0) is 11.8 Å². The standard InChI is InChI=1S/C16H15Br2FO2/c17-14-4-2-1-3-13(14)16(9-20,10-21)8-11-5-6-12(19)7-15(11)18/h1-7,20-21H,8-10H2. The summed E-state index contributed by atoms with van der Waals surface area (Å²) in [6.45, 7) is -0.425. The maximum absolute atomic E-state index is 13.2. The lowest BCUT2D eigenvalue weighted by molar-refractivity contribution is 0.115. The van der Waals surface area contributed by atoms with Gasteiger partial charge >= 0.3 is 0 Å². The van der Waals surface area contributed by atoms with Gasteiger partial charge < -0.3 is 10.2 Å². The summed E-state index contributed by atoms with van der Waals surface area (Å²) < 4.78 is 14.6. The Bertz CT molecular complexity index is 627. The molecule has 112 valence electrons. The summed E-state index contributed by atoms with van der Waals surface area (Å²) in [5.74, 6) is -0.329. The predicted molar refractivity (Wildman–Crippen MR) is 87.8 cm³/mol. The first-order chi connectivity index (χ1) is 10.0. The zero-order valence-electron chi connectivity index (χ0n) is 11.2. The van der Waals surface area contributed by atoms with Gasteiger partial charge in [0.1, 0.15) is 5.82 Å². The van der Waals surface area contributed by atoms with E-state index in [2.05, 4.69) is 31.9 Å². The van der Waals surface area contributed by atoms with Crippen LogP contribution in [0.2, 0.25) is 0 Å². The van der Waals surface area contributed by atoms with Gasteiger partial charge in [-0.15, -0.1) is 0 Å². The number of aliphatic hydroxyl groups is 2. The van der Waals surface area contributed by atoms with E-state index in [0.717, 1.165) is 15.6 Å². The number of rotatable bonds is 5. The van der Waals surface area contributed by atoms with E-state index in [4.69, 9.17) is 0 Å². The Labute approximate surface area is 139 Å². The van der Waals surface area contributed by atoms with Crippen LogP contribution in [0.15, 0.2) is 51.4 Å². The third-order valence-electron chi connectivity index (χ3n) is 3.59. The van der Waals surface area contributed by atoms with E-state index in [9.17, 15) is 14.6 Å². The van der Waals surface area contributed by atoms with Crippen LogP contribution in [0.3, 0.4) is 0 Å². The van der Waals surface area contributed by atoms with Crippen LogP contribution in [0, 0.1) is 5.82 Å². The van der Waals surface area contributed by atoms with Gasteiger partial charge in [0, 0.05) is 14.4 Å². The molecule has 0 fully saturated rings. The summed E-state index contributed by atoms with van der Waals surface area (Å²) in [5, 5.41) is 19.8. The SMILES string of the molecule is OCC(CO)(Cc1ccc(F)cc1Br)c1ccccc1Br. The lowest BCUT2D eigenvalue weighted by atomic mass is 9.77. The highest BCUT2D eigenvalue weighted by molar-refractivity contribution is 9.10. The topological polar surface area (TPSA) is 40.5 Å². The van der Waals surface area contributed by atoms with Crippen molar-refractivity contribution in [2.24, 2.45) is 0 Å². The van der Waals surface area contributed by atoms with Gasteiger partial charge in [-0.05, 0) is 35.7 Å². The van der Waals surface area contributed by atoms with Crippen LogP contribution >= 0.6 is 31.9 Å². The van der Waals surface area contributed by atoms with Crippen molar-refractivity contribution in [2.75, 3.05) is 13.2 Å². The summed E-state index contributed by atoms with van der Waals surface area (Å²) in [6, 6.07) is 11.9. The Hall–Kier alpha value is -0.750. The zero-order chi connectivity index (χ0) is 15.5. The van der Waals surface area contributed by atoms with Gasteiger partial charge in [-0.3, -0.25) is 0 Å². The minimum atomic E-state index is -0.833. The third-order valence-corrected chi connectivity index (χ3v) is 5.02. The van der Waals surface area contributed by atoms with Crippen LogP contribution in [0.1, 0.15) is 11.1 Å². The Morgan fingerprint density at radius 1 is 0.952 bits per heavy atom. The van der Waals surface area contributed by atoms with Crippen molar-refractivity contribution in [1.29, 1.82) is 0 Å². The first kappa shape index (κ1) is 16.6. The average Bonchev–Trinajstić information content (AvgIpc) is 2.48. The fourth-order valence-corrected chi connectivity index (χ4v) is 3.54. The van der Waals surface area contributed by atoms with Crippen molar-refractivity contribution in [3.8, 4) is 0 Å².